The molecule has 1 aliphatic rings. The van der Waals surface area contributed by atoms with Gasteiger partial charge in [0.2, 0.25) is 5.95 Å². The Kier molecular flexibility index (Phi) is 6.23. The lowest BCUT2D eigenvalue weighted by atomic mass is 10.1. The van der Waals surface area contributed by atoms with Crippen molar-refractivity contribution in [2.24, 2.45) is 0 Å². The minimum atomic E-state index is -4.70. The third-order valence-corrected chi connectivity index (χ3v) is 7.22. The number of anilines is 1. The molecule has 43 heavy (non-hydrogen) atoms. The summed E-state index contributed by atoms with van der Waals surface area (Å²) in [5.41, 5.74) is -1.17. The molecule has 0 saturated carbocycles. The van der Waals surface area contributed by atoms with Crippen LogP contribution in [0, 0.1) is 0 Å². The molecule has 0 bridgehead atoms. The summed E-state index contributed by atoms with van der Waals surface area (Å²) in [7, 11) is 0. The maximum Gasteiger partial charge on any atom is 0.418 e. The summed E-state index contributed by atoms with van der Waals surface area (Å²) in [5, 5.41) is 7.22. The Morgan fingerprint density at radius 1 is 0.930 bits per heavy atom. The van der Waals surface area contributed by atoms with Crippen molar-refractivity contribution < 1.29 is 13.2 Å². The van der Waals surface area contributed by atoms with Crippen LogP contribution in [0.3, 0.4) is 0 Å². The van der Waals surface area contributed by atoms with Crippen LogP contribution in [0.15, 0.2) is 77.0 Å². The van der Waals surface area contributed by atoms with E-state index in [-0.39, 0.29) is 27.8 Å². The molecule has 6 aromatic rings. The molecule has 15 heteroatoms. The van der Waals surface area contributed by atoms with Crippen molar-refractivity contribution in [1.29, 1.82) is 0 Å². The van der Waals surface area contributed by atoms with Crippen LogP contribution in [0.25, 0.3) is 44.8 Å². The molecule has 0 atom stereocenters. The molecule has 1 aromatic carbocycles. The first-order chi connectivity index (χ1) is 20.8. The molecular weight excluding hydrogens is 565 g/mol. The number of alkyl halides is 3. The van der Waals surface area contributed by atoms with Crippen molar-refractivity contribution in [2.45, 2.75) is 6.18 Å². The number of hydrogen-bond acceptors (Lipinski definition) is 9. The molecule has 5 aromatic heterocycles. The van der Waals surface area contributed by atoms with E-state index in [4.69, 9.17) is 0 Å². The number of hydrogen-bond donors (Lipinski definition) is 2. The first-order valence-corrected chi connectivity index (χ1v) is 13.2. The van der Waals surface area contributed by atoms with Crippen LogP contribution in [-0.2, 0) is 6.18 Å². The molecule has 12 nitrogen and oxygen atoms in total. The van der Waals surface area contributed by atoms with Gasteiger partial charge in [-0.1, -0.05) is 0 Å². The zero-order valence-electron chi connectivity index (χ0n) is 22.2. The van der Waals surface area contributed by atoms with E-state index >= 15 is 0 Å². The molecule has 216 valence electrons. The third-order valence-electron chi connectivity index (χ3n) is 7.22. The topological polar surface area (TPSA) is 140 Å². The number of pyridine rings is 2. The molecule has 6 heterocycles. The van der Waals surface area contributed by atoms with Crippen LogP contribution < -0.4 is 21.5 Å². The summed E-state index contributed by atoms with van der Waals surface area (Å²) in [6.45, 7) is 1.90. The maximum absolute atomic E-state index is 14.4. The maximum atomic E-state index is 14.4. The highest BCUT2D eigenvalue weighted by atomic mass is 19.4. The fourth-order valence-electron chi connectivity index (χ4n) is 5.21. The summed E-state index contributed by atoms with van der Waals surface area (Å²) in [6, 6.07) is 8.76. The van der Waals surface area contributed by atoms with E-state index in [1.807, 2.05) is 0 Å². The van der Waals surface area contributed by atoms with Crippen LogP contribution in [0.2, 0.25) is 0 Å². The SMILES string of the molecule is O=c1[nH]c(=O)n(-c2ccc(N3CCNCC3)c(C(F)(F)F)c2)c2c1cnc1ccc(-c3cnc(-n4cccn4)nc3)nc12. The molecule has 0 spiro atoms. The highest BCUT2D eigenvalue weighted by Gasteiger charge is 2.36. The number of nitrogens with one attached hydrogen (secondary N) is 2. The molecule has 0 radical (unpaired) electrons. The Labute approximate surface area is 239 Å². The Bertz CT molecular complexity index is 2100. The van der Waals surface area contributed by atoms with Crippen molar-refractivity contribution in [2.75, 3.05) is 31.1 Å². The molecule has 2 N–H and O–H groups in total. The Morgan fingerprint density at radius 3 is 2.44 bits per heavy atom. The minimum Gasteiger partial charge on any atom is -0.368 e. The fourth-order valence-corrected chi connectivity index (χ4v) is 5.21. The number of aromatic nitrogens is 8. The van der Waals surface area contributed by atoms with E-state index in [9.17, 15) is 22.8 Å². The Morgan fingerprint density at radius 2 is 1.72 bits per heavy atom. The van der Waals surface area contributed by atoms with Gasteiger partial charge in [0.1, 0.15) is 5.52 Å². The number of benzene rings is 1. The molecule has 1 aliphatic heterocycles. The molecule has 0 unspecified atom stereocenters. The van der Waals surface area contributed by atoms with E-state index in [1.54, 1.807) is 47.9 Å². The highest BCUT2D eigenvalue weighted by molar-refractivity contribution is 6.01. The molecule has 1 fully saturated rings. The van der Waals surface area contributed by atoms with Gasteiger partial charge in [-0.25, -0.2) is 24.4 Å². The predicted octanol–water partition coefficient (Wildman–Crippen LogP) is 2.69. The van der Waals surface area contributed by atoms with Crippen molar-refractivity contribution in [3.8, 4) is 22.9 Å². The number of piperazine rings is 1. The van der Waals surface area contributed by atoms with Crippen LogP contribution in [0.1, 0.15) is 5.56 Å². The number of aromatic amines is 1. The Hall–Kier alpha value is -5.44. The zero-order valence-corrected chi connectivity index (χ0v) is 22.2. The van der Waals surface area contributed by atoms with Gasteiger partial charge >= 0.3 is 11.9 Å². The van der Waals surface area contributed by atoms with Gasteiger partial charge < -0.3 is 10.2 Å². The number of fused-ring (bicyclic) bond motifs is 3. The lowest BCUT2D eigenvalue weighted by molar-refractivity contribution is -0.137. The van der Waals surface area contributed by atoms with E-state index < -0.39 is 23.0 Å². The Balaban J connectivity index is 1.43. The quantitative estimate of drug-likeness (QED) is 0.299. The van der Waals surface area contributed by atoms with Crippen molar-refractivity contribution in [3.63, 3.8) is 0 Å². The van der Waals surface area contributed by atoms with E-state index in [0.717, 1.165) is 10.6 Å². The van der Waals surface area contributed by atoms with Crippen LogP contribution in [-0.4, -0.2) is 65.4 Å². The van der Waals surface area contributed by atoms with Gasteiger partial charge in [-0.05, 0) is 36.4 Å². The van der Waals surface area contributed by atoms with Crippen LogP contribution in [0.4, 0.5) is 18.9 Å². The summed E-state index contributed by atoms with van der Waals surface area (Å²) in [6.07, 6.45) is 2.95. The van der Waals surface area contributed by atoms with Gasteiger partial charge in [-0.3, -0.25) is 19.3 Å². The normalized spacial score (nSPS) is 14.1. The van der Waals surface area contributed by atoms with Crippen molar-refractivity contribution >= 4 is 27.6 Å². The molecule has 0 amide bonds. The predicted molar refractivity (Wildman–Crippen MR) is 151 cm³/mol. The van der Waals surface area contributed by atoms with Gasteiger partial charge in [0, 0.05) is 68.4 Å². The van der Waals surface area contributed by atoms with Crippen molar-refractivity contribution in [1.82, 2.24) is 44.6 Å². The van der Waals surface area contributed by atoms with E-state index in [2.05, 4.69) is 35.3 Å². The number of H-pyrrole nitrogens is 1. The first-order valence-electron chi connectivity index (χ1n) is 13.2. The van der Waals surface area contributed by atoms with Gasteiger partial charge in [-0.15, -0.1) is 0 Å². The average molecular weight is 587 g/mol. The third kappa shape index (κ3) is 4.68. The summed E-state index contributed by atoms with van der Waals surface area (Å²) >= 11 is 0. The molecular formula is C28H21F3N10O2. The lowest BCUT2D eigenvalue weighted by Crippen LogP contribution is -2.44. The minimum absolute atomic E-state index is 0.0122. The van der Waals surface area contributed by atoms with Gasteiger partial charge in [0.15, 0.2) is 0 Å². The van der Waals surface area contributed by atoms with Crippen LogP contribution >= 0.6 is 0 Å². The first kappa shape index (κ1) is 26.5. The largest absolute Gasteiger partial charge is 0.418 e. The fraction of sp³-hybridized carbons (Fsp3) is 0.179. The number of rotatable bonds is 4. The van der Waals surface area contributed by atoms with Gasteiger partial charge in [-0.2, -0.15) is 18.3 Å². The molecule has 1 saturated heterocycles. The lowest BCUT2D eigenvalue weighted by Gasteiger charge is -2.31. The van der Waals surface area contributed by atoms with Crippen LogP contribution in [0.5, 0.6) is 0 Å². The van der Waals surface area contributed by atoms with E-state index in [1.165, 1.54) is 23.0 Å². The second kappa shape index (κ2) is 10.1. The number of halogens is 3. The summed E-state index contributed by atoms with van der Waals surface area (Å²) in [4.78, 5) is 47.6. The van der Waals surface area contributed by atoms with Crippen molar-refractivity contribution in [3.05, 3.63) is 93.8 Å². The number of nitrogens with zero attached hydrogens (tertiary/aromatic N) is 8. The molecule has 0 aliphatic carbocycles. The van der Waals surface area contributed by atoms with E-state index in [0.29, 0.717) is 48.9 Å². The van der Waals surface area contributed by atoms with Gasteiger partial charge in [0.05, 0.1) is 33.4 Å². The highest BCUT2D eigenvalue weighted by Crippen LogP contribution is 2.38. The summed E-state index contributed by atoms with van der Waals surface area (Å²) in [5.74, 6) is 0.340. The average Bonchev–Trinajstić information content (AvgIpc) is 3.56. The standard InChI is InChI=1S/C28H21F3N10O2/c29-28(30,31)19-12-17(2-5-22(19)39-10-7-32-8-11-39)41-24-18(25(42)38-27(41)43)15-33-21-4-3-20(37-23(21)24)16-13-34-26(35-14-16)40-9-1-6-36-40/h1-6,9,12-15,32H,7-8,10-11H2,(H,38,42,43). The second-order valence-corrected chi connectivity index (χ2v) is 9.84. The smallest absolute Gasteiger partial charge is 0.368 e. The second-order valence-electron chi connectivity index (χ2n) is 9.84. The zero-order chi connectivity index (χ0) is 29.7. The summed E-state index contributed by atoms with van der Waals surface area (Å²) < 4.78 is 45.6. The molecule has 7 rings (SSSR count). The van der Waals surface area contributed by atoms with Gasteiger partial charge in [0.25, 0.3) is 5.56 Å². The monoisotopic (exact) mass is 586 g/mol.